The molecule has 2 amide bonds. The van der Waals surface area contributed by atoms with Gasteiger partial charge in [-0.3, -0.25) is 9.59 Å². The molecule has 7 nitrogen and oxygen atoms in total. The predicted octanol–water partition coefficient (Wildman–Crippen LogP) is -0.168. The van der Waals surface area contributed by atoms with Crippen molar-refractivity contribution < 1.29 is 24.2 Å². The number of carbonyl (C=O) groups is 2. The fraction of sp³-hybridized carbons (Fsp3) is 0.455. The van der Waals surface area contributed by atoms with Crippen molar-refractivity contribution in [2.24, 2.45) is 0 Å². The third-order valence-corrected chi connectivity index (χ3v) is 5.54. The third-order valence-electron chi connectivity index (χ3n) is 5.54. The summed E-state index contributed by atoms with van der Waals surface area (Å²) in [4.78, 5) is 28.0. The Labute approximate surface area is 172 Å². The molecule has 2 aromatic rings. The highest BCUT2D eigenvalue weighted by atomic mass is 16.3. The van der Waals surface area contributed by atoms with Crippen LogP contribution in [0.5, 0.6) is 0 Å². The monoisotopic (exact) mass is 400 g/mol. The molecule has 7 heteroatoms. The molecular formula is C22H32N4O3+2. The topological polar surface area (TPSA) is 83.6 Å². The molecule has 1 aliphatic rings. The Kier molecular flexibility index (Phi) is 7.43. The van der Waals surface area contributed by atoms with Gasteiger partial charge in [0, 0.05) is 5.69 Å². The number of rotatable bonds is 8. The summed E-state index contributed by atoms with van der Waals surface area (Å²) in [5.74, 6) is 1.05. The summed E-state index contributed by atoms with van der Waals surface area (Å²) in [6, 6.07) is 11.8. The average molecular weight is 401 g/mol. The number of nitrogens with two attached hydrogens (primary N) is 1. The Hall–Kier alpha value is -2.64. The Balaban J connectivity index is 1.39. The first-order chi connectivity index (χ1) is 14.1. The van der Waals surface area contributed by atoms with Crippen LogP contribution >= 0.6 is 0 Å². The van der Waals surface area contributed by atoms with Crippen molar-refractivity contribution in [3.8, 4) is 0 Å². The number of furan rings is 1. The second kappa shape index (κ2) is 10.2. The van der Waals surface area contributed by atoms with Gasteiger partial charge in [-0.1, -0.05) is 25.1 Å². The van der Waals surface area contributed by atoms with Gasteiger partial charge in [-0.15, -0.1) is 0 Å². The molecule has 1 atom stereocenters. The standard InChI is InChI=1S/C22H30N4O3/c1-3-18-7-4-5-8-19(18)24-21(27)16-25-10-12-26(13-11-25)22(28)15-23-17(2)20-9-6-14-29-20/h4-9,14,17,23H,3,10-13,15-16H2,1-2H3,(H,24,27)/p+2/t17-/m0/s1. The van der Waals surface area contributed by atoms with E-state index in [2.05, 4.69) is 12.2 Å². The summed E-state index contributed by atoms with van der Waals surface area (Å²) >= 11 is 0. The molecular weight excluding hydrogens is 368 g/mol. The molecule has 4 N–H and O–H groups in total. The minimum absolute atomic E-state index is 0.0290. The van der Waals surface area contributed by atoms with Gasteiger partial charge in [0.15, 0.2) is 18.8 Å². The maximum atomic E-state index is 12.5. The first-order valence-corrected chi connectivity index (χ1v) is 10.4. The van der Waals surface area contributed by atoms with Gasteiger partial charge < -0.3 is 24.9 Å². The van der Waals surface area contributed by atoms with E-state index in [1.807, 2.05) is 53.5 Å². The number of carbonyl (C=O) groups excluding carboxylic acids is 2. The van der Waals surface area contributed by atoms with Gasteiger partial charge in [-0.25, -0.2) is 0 Å². The van der Waals surface area contributed by atoms with E-state index in [9.17, 15) is 9.59 Å². The van der Waals surface area contributed by atoms with E-state index in [0.717, 1.165) is 36.5 Å². The van der Waals surface area contributed by atoms with Gasteiger partial charge in [0.1, 0.15) is 6.04 Å². The highest BCUT2D eigenvalue weighted by Crippen LogP contribution is 2.14. The first kappa shape index (κ1) is 21.1. The lowest BCUT2D eigenvalue weighted by Gasteiger charge is -2.31. The number of aryl methyl sites for hydroxylation is 1. The molecule has 29 heavy (non-hydrogen) atoms. The molecule has 0 bridgehead atoms. The van der Waals surface area contributed by atoms with Gasteiger partial charge in [-0.2, -0.15) is 0 Å². The molecule has 0 aliphatic carbocycles. The summed E-state index contributed by atoms with van der Waals surface area (Å²) in [6.07, 6.45) is 2.54. The molecule has 3 rings (SSSR count). The maximum Gasteiger partial charge on any atom is 0.279 e. The molecule has 0 spiro atoms. The van der Waals surface area contributed by atoms with E-state index in [-0.39, 0.29) is 17.9 Å². The van der Waals surface area contributed by atoms with Gasteiger partial charge in [0.2, 0.25) is 0 Å². The SMILES string of the molecule is CCc1ccccc1NC(=O)C[NH+]1CCN(C(=O)C[NH2+][C@@H](C)c2ccco2)CC1. The fourth-order valence-electron chi connectivity index (χ4n) is 3.69. The van der Waals surface area contributed by atoms with Crippen LogP contribution in [0.15, 0.2) is 47.1 Å². The van der Waals surface area contributed by atoms with Gasteiger partial charge in [0.25, 0.3) is 11.8 Å². The Morgan fingerprint density at radius 3 is 2.66 bits per heavy atom. The van der Waals surface area contributed by atoms with Crippen molar-refractivity contribution in [1.29, 1.82) is 0 Å². The predicted molar refractivity (Wildman–Crippen MR) is 111 cm³/mol. The quantitative estimate of drug-likeness (QED) is 0.575. The van der Waals surface area contributed by atoms with Crippen molar-refractivity contribution in [3.63, 3.8) is 0 Å². The van der Waals surface area contributed by atoms with E-state index < -0.39 is 0 Å². The Bertz CT molecular complexity index is 798. The van der Waals surface area contributed by atoms with E-state index in [0.29, 0.717) is 26.2 Å². The molecule has 0 radical (unpaired) electrons. The third kappa shape index (κ3) is 5.92. The van der Waals surface area contributed by atoms with Crippen molar-refractivity contribution in [2.45, 2.75) is 26.3 Å². The van der Waals surface area contributed by atoms with Crippen LogP contribution < -0.4 is 15.5 Å². The van der Waals surface area contributed by atoms with E-state index in [1.165, 1.54) is 4.90 Å². The number of benzene rings is 1. The zero-order valence-corrected chi connectivity index (χ0v) is 17.3. The summed E-state index contributed by atoms with van der Waals surface area (Å²) < 4.78 is 5.38. The zero-order valence-electron chi connectivity index (χ0n) is 17.3. The van der Waals surface area contributed by atoms with E-state index in [4.69, 9.17) is 4.42 Å². The molecule has 1 saturated heterocycles. The molecule has 2 heterocycles. The summed E-state index contributed by atoms with van der Waals surface area (Å²) in [5.41, 5.74) is 2.04. The average Bonchev–Trinajstić information content (AvgIpc) is 3.27. The van der Waals surface area contributed by atoms with Crippen molar-refractivity contribution in [1.82, 2.24) is 4.90 Å². The van der Waals surface area contributed by atoms with Crippen LogP contribution in [-0.2, 0) is 16.0 Å². The lowest BCUT2D eigenvalue weighted by Crippen LogP contribution is -3.15. The molecule has 1 aliphatic heterocycles. The van der Waals surface area contributed by atoms with Gasteiger partial charge in [-0.05, 0) is 37.1 Å². The number of anilines is 1. The smallest absolute Gasteiger partial charge is 0.279 e. The van der Waals surface area contributed by atoms with E-state index >= 15 is 0 Å². The lowest BCUT2D eigenvalue weighted by molar-refractivity contribution is -0.895. The Morgan fingerprint density at radius 1 is 1.21 bits per heavy atom. The van der Waals surface area contributed by atoms with Crippen LogP contribution in [0, 0.1) is 0 Å². The molecule has 1 aromatic carbocycles. The second-order valence-corrected chi connectivity index (χ2v) is 7.61. The van der Waals surface area contributed by atoms with Crippen LogP contribution in [0.2, 0.25) is 0 Å². The number of nitrogens with zero attached hydrogens (tertiary/aromatic N) is 1. The van der Waals surface area contributed by atoms with Crippen LogP contribution in [0.25, 0.3) is 0 Å². The number of amides is 2. The second-order valence-electron chi connectivity index (χ2n) is 7.61. The molecule has 0 unspecified atom stereocenters. The number of piperazine rings is 1. The number of hydrogen-bond donors (Lipinski definition) is 3. The van der Waals surface area contributed by atoms with Crippen molar-refractivity contribution in [2.75, 3.05) is 44.6 Å². The first-order valence-electron chi connectivity index (χ1n) is 10.4. The number of quaternary nitrogens is 2. The molecule has 1 fully saturated rings. The zero-order chi connectivity index (χ0) is 20.6. The number of para-hydroxylation sites is 1. The normalized spacial score (nSPS) is 15.9. The number of hydrogen-bond acceptors (Lipinski definition) is 3. The fourth-order valence-corrected chi connectivity index (χ4v) is 3.69. The van der Waals surface area contributed by atoms with Crippen LogP contribution in [0.3, 0.4) is 0 Å². The largest absolute Gasteiger partial charge is 0.463 e. The van der Waals surface area contributed by atoms with Crippen LogP contribution in [0.1, 0.15) is 31.2 Å². The van der Waals surface area contributed by atoms with Crippen LogP contribution in [0.4, 0.5) is 5.69 Å². The summed E-state index contributed by atoms with van der Waals surface area (Å²) in [5, 5.41) is 5.03. The minimum atomic E-state index is 0.0290. The minimum Gasteiger partial charge on any atom is -0.463 e. The van der Waals surface area contributed by atoms with Gasteiger partial charge >= 0.3 is 0 Å². The molecule has 1 aromatic heterocycles. The van der Waals surface area contributed by atoms with Crippen LogP contribution in [-0.4, -0.2) is 56.0 Å². The summed E-state index contributed by atoms with van der Waals surface area (Å²) in [7, 11) is 0. The van der Waals surface area contributed by atoms with Gasteiger partial charge in [0.05, 0.1) is 32.4 Å². The maximum absolute atomic E-state index is 12.5. The summed E-state index contributed by atoms with van der Waals surface area (Å²) in [6.45, 7) is 7.92. The van der Waals surface area contributed by atoms with Crippen molar-refractivity contribution >= 4 is 17.5 Å². The lowest BCUT2D eigenvalue weighted by atomic mass is 10.1. The van der Waals surface area contributed by atoms with E-state index in [1.54, 1.807) is 6.26 Å². The molecule has 156 valence electrons. The highest BCUT2D eigenvalue weighted by Gasteiger charge is 2.26. The van der Waals surface area contributed by atoms with Crippen molar-refractivity contribution in [3.05, 3.63) is 54.0 Å². The number of nitrogens with one attached hydrogen (secondary N) is 2. The highest BCUT2D eigenvalue weighted by molar-refractivity contribution is 5.92. The molecule has 0 saturated carbocycles. The Morgan fingerprint density at radius 2 is 1.97 bits per heavy atom.